The fourth-order valence-corrected chi connectivity index (χ4v) is 5.33. The summed E-state index contributed by atoms with van der Waals surface area (Å²) in [5.74, 6) is 0.229. The molecule has 0 aromatic heterocycles. The Kier molecular flexibility index (Phi) is 10.5. The molecule has 4 rings (SSSR count). The van der Waals surface area contributed by atoms with E-state index in [9.17, 15) is 14.0 Å². The number of ketones is 1. The Morgan fingerprint density at radius 3 is 2.49 bits per heavy atom. The molecule has 1 aliphatic rings. The van der Waals surface area contributed by atoms with Crippen molar-refractivity contribution < 1.29 is 18.7 Å². The zero-order chi connectivity index (χ0) is 27.6. The maximum atomic E-state index is 13.3. The van der Waals surface area contributed by atoms with Crippen molar-refractivity contribution in [1.82, 2.24) is 10.2 Å². The van der Waals surface area contributed by atoms with Crippen molar-refractivity contribution in [3.8, 4) is 5.75 Å². The van der Waals surface area contributed by atoms with Gasteiger partial charge in [-0.05, 0) is 93.4 Å². The molecule has 1 unspecified atom stereocenters. The average molecular weight is 594 g/mol. The van der Waals surface area contributed by atoms with Gasteiger partial charge in [-0.1, -0.05) is 46.3 Å². The lowest BCUT2D eigenvalue weighted by Crippen LogP contribution is -2.47. The number of nitrogens with zero attached hydrogens (tertiary/aromatic N) is 1. The molecule has 204 valence electrons. The summed E-state index contributed by atoms with van der Waals surface area (Å²) in [5.41, 5.74) is 2.54. The second-order valence-electron chi connectivity index (χ2n) is 9.79. The highest BCUT2D eigenvalue weighted by Gasteiger charge is 2.27. The standard InChI is InChI=1S/C32H34BrFN2O3/c1-2-39-30-14-11-27(33)21-26(30)10-15-31(37)35-29(20-23-6-4-3-5-7-23)22-36-18-16-25(17-19-36)32(38)24-8-12-28(34)13-9-24/h3-15,21,25,29H,2,16-20,22H2,1H3,(H,35,37)/b15-10+. The molecule has 7 heteroatoms. The van der Waals surface area contributed by atoms with Crippen molar-refractivity contribution in [1.29, 1.82) is 0 Å². The summed E-state index contributed by atoms with van der Waals surface area (Å²) in [7, 11) is 0. The number of nitrogens with one attached hydrogen (secondary N) is 1. The molecule has 1 atom stereocenters. The highest BCUT2D eigenvalue weighted by atomic mass is 79.9. The molecule has 1 fully saturated rings. The van der Waals surface area contributed by atoms with Crippen molar-refractivity contribution >= 4 is 33.7 Å². The zero-order valence-corrected chi connectivity index (χ0v) is 23.7. The summed E-state index contributed by atoms with van der Waals surface area (Å²) in [6.45, 7) is 4.69. The topological polar surface area (TPSA) is 58.6 Å². The molecule has 1 heterocycles. The van der Waals surface area contributed by atoms with Crippen LogP contribution < -0.4 is 10.1 Å². The molecule has 0 aliphatic carbocycles. The number of amides is 1. The van der Waals surface area contributed by atoms with E-state index in [0.717, 1.165) is 47.3 Å². The number of hydrogen-bond acceptors (Lipinski definition) is 4. The fourth-order valence-electron chi connectivity index (χ4n) is 4.95. The molecule has 1 amide bonds. The molecular weight excluding hydrogens is 559 g/mol. The molecule has 0 bridgehead atoms. The number of likely N-dealkylation sites (tertiary alicyclic amines) is 1. The summed E-state index contributed by atoms with van der Waals surface area (Å²) in [6.07, 6.45) is 5.51. The van der Waals surface area contributed by atoms with E-state index in [1.807, 2.05) is 43.3 Å². The Balaban J connectivity index is 1.38. The van der Waals surface area contributed by atoms with Crippen LogP contribution >= 0.6 is 15.9 Å². The zero-order valence-electron chi connectivity index (χ0n) is 22.1. The molecule has 39 heavy (non-hydrogen) atoms. The third-order valence-electron chi connectivity index (χ3n) is 6.92. The van der Waals surface area contributed by atoms with Gasteiger partial charge in [0.15, 0.2) is 5.78 Å². The first-order valence-corrected chi connectivity index (χ1v) is 14.2. The number of rotatable bonds is 11. The quantitative estimate of drug-likeness (QED) is 0.209. The van der Waals surface area contributed by atoms with E-state index in [0.29, 0.717) is 25.1 Å². The lowest BCUT2D eigenvalue weighted by Gasteiger charge is -2.34. The number of benzene rings is 3. The molecule has 1 N–H and O–H groups in total. The van der Waals surface area contributed by atoms with Crippen LogP contribution in [0.1, 0.15) is 41.3 Å². The minimum Gasteiger partial charge on any atom is -0.493 e. The highest BCUT2D eigenvalue weighted by Crippen LogP contribution is 2.25. The molecule has 1 saturated heterocycles. The summed E-state index contributed by atoms with van der Waals surface area (Å²) in [4.78, 5) is 28.2. The van der Waals surface area contributed by atoms with Crippen LogP contribution in [0.15, 0.2) is 83.3 Å². The van der Waals surface area contributed by atoms with Gasteiger partial charge in [-0.25, -0.2) is 4.39 Å². The predicted molar refractivity (Wildman–Crippen MR) is 156 cm³/mol. The van der Waals surface area contributed by atoms with E-state index < -0.39 is 0 Å². The van der Waals surface area contributed by atoms with Crippen molar-refractivity contribution in [2.45, 2.75) is 32.2 Å². The van der Waals surface area contributed by atoms with Gasteiger partial charge in [-0.2, -0.15) is 0 Å². The molecule has 0 spiro atoms. The first kappa shape index (κ1) is 28.7. The van der Waals surface area contributed by atoms with E-state index in [1.165, 1.54) is 12.1 Å². The van der Waals surface area contributed by atoms with Crippen LogP contribution in [0.5, 0.6) is 5.75 Å². The van der Waals surface area contributed by atoms with Crippen LogP contribution in [0.2, 0.25) is 0 Å². The minimum absolute atomic E-state index is 0.0680. The molecule has 0 radical (unpaired) electrons. The molecular formula is C32H34BrFN2O3. The maximum Gasteiger partial charge on any atom is 0.244 e. The molecule has 1 aliphatic heterocycles. The number of Topliss-reactive ketones (excluding diaryl/α,β-unsaturated/α-hetero) is 1. The Labute approximate surface area is 238 Å². The number of halogens is 2. The third kappa shape index (κ3) is 8.60. The van der Waals surface area contributed by atoms with Crippen LogP contribution in [0.3, 0.4) is 0 Å². The number of ether oxygens (including phenoxy) is 1. The van der Waals surface area contributed by atoms with Gasteiger partial charge in [0, 0.05) is 40.2 Å². The first-order chi connectivity index (χ1) is 18.9. The van der Waals surface area contributed by atoms with Crippen LogP contribution in [0.25, 0.3) is 6.08 Å². The van der Waals surface area contributed by atoms with Gasteiger partial charge in [-0.3, -0.25) is 9.59 Å². The van der Waals surface area contributed by atoms with Crippen molar-refractivity contribution in [2.75, 3.05) is 26.2 Å². The first-order valence-electron chi connectivity index (χ1n) is 13.4. The number of piperidine rings is 1. The van der Waals surface area contributed by atoms with Crippen LogP contribution in [0, 0.1) is 11.7 Å². The summed E-state index contributed by atoms with van der Waals surface area (Å²) < 4.78 is 19.9. The number of hydrogen-bond donors (Lipinski definition) is 1. The predicted octanol–water partition coefficient (Wildman–Crippen LogP) is 6.32. The molecule has 3 aromatic rings. The molecule has 3 aromatic carbocycles. The Morgan fingerprint density at radius 1 is 1.08 bits per heavy atom. The van der Waals surface area contributed by atoms with Gasteiger partial charge in [0.2, 0.25) is 5.91 Å². The third-order valence-corrected chi connectivity index (χ3v) is 7.42. The van der Waals surface area contributed by atoms with Gasteiger partial charge in [0.05, 0.1) is 6.61 Å². The normalized spacial score (nSPS) is 15.3. The van der Waals surface area contributed by atoms with E-state index >= 15 is 0 Å². The van der Waals surface area contributed by atoms with E-state index in [-0.39, 0.29) is 29.5 Å². The second kappa shape index (κ2) is 14.2. The Morgan fingerprint density at radius 2 is 1.79 bits per heavy atom. The lowest BCUT2D eigenvalue weighted by atomic mass is 9.88. The van der Waals surface area contributed by atoms with E-state index in [2.05, 4.69) is 38.3 Å². The average Bonchev–Trinajstić information content (AvgIpc) is 2.94. The Hall–Kier alpha value is -3.29. The van der Waals surface area contributed by atoms with Gasteiger partial charge in [0.25, 0.3) is 0 Å². The van der Waals surface area contributed by atoms with Crippen LogP contribution in [-0.4, -0.2) is 48.9 Å². The van der Waals surface area contributed by atoms with Gasteiger partial charge in [-0.15, -0.1) is 0 Å². The monoisotopic (exact) mass is 592 g/mol. The van der Waals surface area contributed by atoms with E-state index in [4.69, 9.17) is 4.74 Å². The SMILES string of the molecule is CCOc1ccc(Br)cc1/C=C/C(=O)NC(Cc1ccccc1)CN1CCC(C(=O)c2ccc(F)cc2)CC1. The second-order valence-corrected chi connectivity index (χ2v) is 10.7. The summed E-state index contributed by atoms with van der Waals surface area (Å²) in [6, 6.07) is 21.5. The summed E-state index contributed by atoms with van der Waals surface area (Å²) in [5, 5.41) is 3.19. The van der Waals surface area contributed by atoms with Gasteiger partial charge >= 0.3 is 0 Å². The maximum absolute atomic E-state index is 13.3. The summed E-state index contributed by atoms with van der Waals surface area (Å²) >= 11 is 3.48. The van der Waals surface area contributed by atoms with Crippen molar-refractivity contribution in [2.24, 2.45) is 5.92 Å². The highest BCUT2D eigenvalue weighted by molar-refractivity contribution is 9.10. The van der Waals surface area contributed by atoms with E-state index in [1.54, 1.807) is 24.3 Å². The van der Waals surface area contributed by atoms with Crippen LogP contribution in [0.4, 0.5) is 4.39 Å². The minimum atomic E-state index is -0.339. The number of carbonyl (C=O) groups is 2. The lowest BCUT2D eigenvalue weighted by molar-refractivity contribution is -0.117. The van der Waals surface area contributed by atoms with Gasteiger partial charge in [0.1, 0.15) is 11.6 Å². The van der Waals surface area contributed by atoms with Gasteiger partial charge < -0.3 is 15.0 Å². The fraction of sp³-hybridized carbons (Fsp3) is 0.312. The Bertz CT molecular complexity index is 1270. The smallest absolute Gasteiger partial charge is 0.244 e. The van der Waals surface area contributed by atoms with Crippen LogP contribution in [-0.2, 0) is 11.2 Å². The largest absolute Gasteiger partial charge is 0.493 e. The van der Waals surface area contributed by atoms with Crippen molar-refractivity contribution in [3.05, 3.63) is 106 Å². The molecule has 0 saturated carbocycles. The number of carbonyl (C=O) groups excluding carboxylic acids is 2. The van der Waals surface area contributed by atoms with Crippen molar-refractivity contribution in [3.63, 3.8) is 0 Å². The molecule has 5 nitrogen and oxygen atoms in total.